The van der Waals surface area contributed by atoms with Gasteiger partial charge in [0, 0.05) is 44.8 Å². The molecule has 4 rings (SSSR count). The van der Waals surface area contributed by atoms with Crippen LogP contribution >= 0.6 is 0 Å². The number of nitrogens with one attached hydrogen (secondary N) is 1. The maximum absolute atomic E-state index is 12.8. The highest BCUT2D eigenvalue weighted by molar-refractivity contribution is 7.89. The summed E-state index contributed by atoms with van der Waals surface area (Å²) in [6.45, 7) is 5.21. The number of ether oxygens (including phenoxy) is 1. The molecule has 8 nitrogen and oxygen atoms in total. The molecular formula is C23H31N3O5S. The van der Waals surface area contributed by atoms with E-state index in [0.29, 0.717) is 13.1 Å². The van der Waals surface area contributed by atoms with Crippen molar-refractivity contribution in [3.63, 3.8) is 0 Å². The number of amides is 1. The minimum Gasteiger partial charge on any atom is -0.497 e. The number of sulfonamides is 1. The van der Waals surface area contributed by atoms with Gasteiger partial charge in [0.1, 0.15) is 16.4 Å². The van der Waals surface area contributed by atoms with Gasteiger partial charge in [-0.2, -0.15) is 4.31 Å². The number of rotatable bonds is 7. The molecule has 174 valence electrons. The second-order valence-corrected chi connectivity index (χ2v) is 10.4. The molecule has 1 N–H and O–H groups in total. The molecule has 0 unspecified atom stereocenters. The van der Waals surface area contributed by atoms with Crippen LogP contribution in [0.1, 0.15) is 47.6 Å². The Bertz CT molecular complexity index is 1050. The van der Waals surface area contributed by atoms with Crippen LogP contribution in [0.2, 0.25) is 0 Å². The minimum atomic E-state index is -3.61. The summed E-state index contributed by atoms with van der Waals surface area (Å²) in [5.74, 6) is 0.806. The van der Waals surface area contributed by atoms with E-state index < -0.39 is 10.0 Å². The van der Waals surface area contributed by atoms with Gasteiger partial charge in [0.2, 0.25) is 10.0 Å². The molecule has 1 amide bonds. The predicted octanol–water partition coefficient (Wildman–Crippen LogP) is 2.78. The first-order valence-electron chi connectivity index (χ1n) is 11.1. The zero-order valence-corrected chi connectivity index (χ0v) is 19.5. The Hall–Kier alpha value is -2.36. The first-order chi connectivity index (χ1) is 15.4. The number of piperidine rings is 1. The van der Waals surface area contributed by atoms with E-state index >= 15 is 0 Å². The number of aryl methyl sites for hydroxylation is 1. The van der Waals surface area contributed by atoms with Crippen molar-refractivity contribution < 1.29 is 22.4 Å². The summed E-state index contributed by atoms with van der Waals surface area (Å²) in [4.78, 5) is 15.2. The zero-order valence-electron chi connectivity index (χ0n) is 18.7. The smallest absolute Gasteiger partial charge is 0.287 e. The largest absolute Gasteiger partial charge is 0.497 e. The minimum absolute atomic E-state index is 0.0353. The Morgan fingerprint density at radius 3 is 2.56 bits per heavy atom. The van der Waals surface area contributed by atoms with E-state index in [1.54, 1.807) is 14.0 Å². The molecule has 2 aromatic rings. The highest BCUT2D eigenvalue weighted by Crippen LogP contribution is 2.26. The van der Waals surface area contributed by atoms with Crippen molar-refractivity contribution in [2.24, 2.45) is 0 Å². The van der Waals surface area contributed by atoms with Gasteiger partial charge in [-0.25, -0.2) is 8.42 Å². The molecule has 32 heavy (non-hydrogen) atoms. The fraction of sp³-hybridized carbons (Fsp3) is 0.522. The van der Waals surface area contributed by atoms with Crippen LogP contribution in [0.5, 0.6) is 5.75 Å². The van der Waals surface area contributed by atoms with Crippen LogP contribution in [0.3, 0.4) is 0 Å². The molecule has 0 saturated carbocycles. The number of benzene rings is 1. The lowest BCUT2D eigenvalue weighted by Gasteiger charge is -2.32. The normalized spacial score (nSPS) is 18.7. The zero-order chi connectivity index (χ0) is 22.7. The van der Waals surface area contributed by atoms with Gasteiger partial charge in [0.15, 0.2) is 5.76 Å². The lowest BCUT2D eigenvalue weighted by atomic mass is 10.0. The topological polar surface area (TPSA) is 92.1 Å². The molecular weight excluding hydrogens is 430 g/mol. The summed E-state index contributed by atoms with van der Waals surface area (Å²) < 4.78 is 38.0. The van der Waals surface area contributed by atoms with Crippen molar-refractivity contribution in [3.8, 4) is 5.75 Å². The standard InChI is InChI=1S/C23H31N3O5S/c1-17-22(32(28,29)26-10-3-4-11-26)15-21(31-17)23(27)24-19-8-12-25(13-9-19)16-18-6-5-7-20(14-18)30-2/h5-7,14-15,19H,3-4,8-13,16H2,1-2H3,(H,24,27). The van der Waals surface area contributed by atoms with Crippen molar-refractivity contribution in [1.82, 2.24) is 14.5 Å². The van der Waals surface area contributed by atoms with Gasteiger partial charge in [0.05, 0.1) is 7.11 Å². The second kappa shape index (κ2) is 9.64. The quantitative estimate of drug-likeness (QED) is 0.682. The van der Waals surface area contributed by atoms with E-state index in [9.17, 15) is 13.2 Å². The number of hydrogen-bond donors (Lipinski definition) is 1. The van der Waals surface area contributed by atoms with Crippen LogP contribution in [-0.2, 0) is 16.6 Å². The molecule has 0 radical (unpaired) electrons. The van der Waals surface area contributed by atoms with Crippen molar-refractivity contribution in [1.29, 1.82) is 0 Å². The number of likely N-dealkylation sites (tertiary alicyclic amines) is 1. The maximum Gasteiger partial charge on any atom is 0.287 e. The third kappa shape index (κ3) is 5.00. The predicted molar refractivity (Wildman–Crippen MR) is 120 cm³/mol. The van der Waals surface area contributed by atoms with E-state index in [-0.39, 0.29) is 28.4 Å². The van der Waals surface area contributed by atoms with Gasteiger partial charge >= 0.3 is 0 Å². The number of methoxy groups -OCH3 is 1. The van der Waals surface area contributed by atoms with Crippen molar-refractivity contribution in [2.45, 2.75) is 50.1 Å². The van der Waals surface area contributed by atoms with Gasteiger partial charge in [-0.15, -0.1) is 0 Å². The number of carbonyl (C=O) groups is 1. The molecule has 2 aliphatic heterocycles. The van der Waals surface area contributed by atoms with Gasteiger partial charge in [-0.1, -0.05) is 12.1 Å². The summed E-state index contributed by atoms with van der Waals surface area (Å²) in [6.07, 6.45) is 3.38. The van der Waals surface area contributed by atoms with Crippen LogP contribution in [0, 0.1) is 6.92 Å². The Morgan fingerprint density at radius 1 is 1.16 bits per heavy atom. The number of carbonyl (C=O) groups excluding carboxylic acids is 1. The van der Waals surface area contributed by atoms with Crippen molar-refractivity contribution in [2.75, 3.05) is 33.3 Å². The Balaban J connectivity index is 1.32. The third-order valence-electron chi connectivity index (χ3n) is 6.24. The van der Waals surface area contributed by atoms with Gasteiger partial charge in [-0.05, 0) is 50.3 Å². The van der Waals surface area contributed by atoms with Crippen LogP contribution < -0.4 is 10.1 Å². The molecule has 9 heteroatoms. The first-order valence-corrected chi connectivity index (χ1v) is 12.6. The number of nitrogens with zero attached hydrogens (tertiary/aromatic N) is 2. The monoisotopic (exact) mass is 461 g/mol. The summed E-state index contributed by atoms with van der Waals surface area (Å²) in [6, 6.07) is 9.46. The van der Waals surface area contributed by atoms with E-state index in [1.165, 1.54) is 15.9 Å². The average molecular weight is 462 g/mol. The van der Waals surface area contributed by atoms with E-state index in [4.69, 9.17) is 9.15 Å². The molecule has 1 aromatic heterocycles. The fourth-order valence-corrected chi connectivity index (χ4v) is 6.10. The summed E-state index contributed by atoms with van der Waals surface area (Å²) >= 11 is 0. The van der Waals surface area contributed by atoms with Crippen LogP contribution in [0.15, 0.2) is 39.6 Å². The molecule has 0 spiro atoms. The molecule has 2 fully saturated rings. The van der Waals surface area contributed by atoms with Crippen LogP contribution in [0.25, 0.3) is 0 Å². The number of furan rings is 1. The summed E-state index contributed by atoms with van der Waals surface area (Å²) in [5, 5.41) is 3.01. The number of hydrogen-bond acceptors (Lipinski definition) is 6. The Kier molecular flexibility index (Phi) is 6.88. The highest BCUT2D eigenvalue weighted by atomic mass is 32.2. The summed E-state index contributed by atoms with van der Waals surface area (Å²) in [7, 11) is -1.95. The fourth-order valence-electron chi connectivity index (χ4n) is 4.42. The second-order valence-electron chi connectivity index (χ2n) is 8.52. The van der Waals surface area contributed by atoms with Gasteiger partial charge < -0.3 is 14.5 Å². The highest BCUT2D eigenvalue weighted by Gasteiger charge is 2.32. The lowest BCUT2D eigenvalue weighted by Crippen LogP contribution is -2.44. The molecule has 3 heterocycles. The molecule has 0 atom stereocenters. The average Bonchev–Trinajstić information content (AvgIpc) is 3.46. The van der Waals surface area contributed by atoms with Gasteiger partial charge in [0.25, 0.3) is 5.91 Å². The van der Waals surface area contributed by atoms with E-state index in [2.05, 4.69) is 16.3 Å². The molecule has 0 bridgehead atoms. The maximum atomic E-state index is 12.8. The first kappa shape index (κ1) is 22.8. The Labute approximate surface area is 189 Å². The van der Waals surface area contributed by atoms with Crippen LogP contribution in [0.4, 0.5) is 0 Å². The van der Waals surface area contributed by atoms with Gasteiger partial charge in [-0.3, -0.25) is 9.69 Å². The van der Waals surface area contributed by atoms with E-state index in [0.717, 1.165) is 51.1 Å². The van der Waals surface area contributed by atoms with Crippen molar-refractivity contribution >= 4 is 15.9 Å². The molecule has 2 saturated heterocycles. The molecule has 1 aromatic carbocycles. The van der Waals surface area contributed by atoms with E-state index in [1.807, 2.05) is 18.2 Å². The Morgan fingerprint density at radius 2 is 1.88 bits per heavy atom. The van der Waals surface area contributed by atoms with Crippen LogP contribution in [-0.4, -0.2) is 62.9 Å². The molecule has 0 aliphatic carbocycles. The third-order valence-corrected chi connectivity index (χ3v) is 8.25. The molecule has 2 aliphatic rings. The SMILES string of the molecule is COc1cccc(CN2CCC(NC(=O)c3cc(S(=O)(=O)N4CCCC4)c(C)o3)CC2)c1. The lowest BCUT2D eigenvalue weighted by molar-refractivity contribution is 0.0879. The summed E-state index contributed by atoms with van der Waals surface area (Å²) in [5.41, 5.74) is 1.20. The van der Waals surface area contributed by atoms with Crippen molar-refractivity contribution in [3.05, 3.63) is 47.4 Å².